The van der Waals surface area contributed by atoms with E-state index in [0.29, 0.717) is 40.2 Å². The molecule has 0 unspecified atom stereocenters. The van der Waals surface area contributed by atoms with Gasteiger partial charge in [-0.25, -0.2) is 8.42 Å². The maximum absolute atomic E-state index is 12.8. The van der Waals surface area contributed by atoms with Gasteiger partial charge in [-0.15, -0.1) is 0 Å². The van der Waals surface area contributed by atoms with E-state index in [2.05, 4.69) is 5.32 Å². The van der Waals surface area contributed by atoms with Gasteiger partial charge >= 0.3 is 0 Å². The van der Waals surface area contributed by atoms with Gasteiger partial charge in [0.15, 0.2) is 0 Å². The van der Waals surface area contributed by atoms with Crippen LogP contribution in [0.15, 0.2) is 42.5 Å². The minimum atomic E-state index is -3.63. The molecule has 0 aromatic heterocycles. The van der Waals surface area contributed by atoms with Crippen molar-refractivity contribution in [2.45, 2.75) is 32.1 Å². The fourth-order valence-corrected chi connectivity index (χ4v) is 5.77. The molecule has 0 aliphatic rings. The highest BCUT2D eigenvalue weighted by atomic mass is 35.5. The summed E-state index contributed by atoms with van der Waals surface area (Å²) in [5.41, 5.74) is 2.36. The number of thioether (sulfide) groups is 1. The number of carbonyl (C=O) groups excluding carboxylic acids is 1. The van der Waals surface area contributed by atoms with Gasteiger partial charge in [-0.05, 0) is 43.2 Å². The monoisotopic (exact) mass is 488 g/mol. The smallest absolute Gasteiger partial charge is 0.243 e. The number of halogens is 2. The van der Waals surface area contributed by atoms with Gasteiger partial charge in [0.2, 0.25) is 15.9 Å². The summed E-state index contributed by atoms with van der Waals surface area (Å²) >= 11 is 13.9. The van der Waals surface area contributed by atoms with Crippen molar-refractivity contribution in [3.8, 4) is 0 Å². The lowest BCUT2D eigenvalue weighted by atomic mass is 10.1. The van der Waals surface area contributed by atoms with Crippen LogP contribution in [-0.2, 0) is 20.6 Å². The lowest BCUT2D eigenvalue weighted by Crippen LogP contribution is -2.49. The van der Waals surface area contributed by atoms with Crippen LogP contribution in [0, 0.1) is 6.92 Å². The lowest BCUT2D eigenvalue weighted by molar-refractivity contribution is -0.122. The molecule has 0 aliphatic heterocycles. The summed E-state index contributed by atoms with van der Waals surface area (Å²) in [4.78, 5) is 12.8. The van der Waals surface area contributed by atoms with Gasteiger partial charge in [0.05, 0.1) is 11.9 Å². The Hall–Kier alpha value is -1.41. The summed E-state index contributed by atoms with van der Waals surface area (Å²) in [6.07, 6.45) is 1.47. The second-order valence-electron chi connectivity index (χ2n) is 6.86. The van der Waals surface area contributed by atoms with Crippen molar-refractivity contribution in [1.82, 2.24) is 5.32 Å². The molecule has 0 spiro atoms. The average molecular weight is 489 g/mol. The molecule has 0 saturated carbocycles. The van der Waals surface area contributed by atoms with Crippen LogP contribution in [0.3, 0.4) is 0 Å². The molecule has 2 aromatic rings. The zero-order valence-electron chi connectivity index (χ0n) is 17.2. The van der Waals surface area contributed by atoms with Crippen molar-refractivity contribution in [1.29, 1.82) is 0 Å². The minimum Gasteiger partial charge on any atom is -0.353 e. The first-order valence-electron chi connectivity index (χ1n) is 9.49. The fraction of sp³-hybridized carbons (Fsp3) is 0.381. The van der Waals surface area contributed by atoms with Crippen molar-refractivity contribution < 1.29 is 13.2 Å². The summed E-state index contributed by atoms with van der Waals surface area (Å²) in [5, 5.41) is 4.09. The van der Waals surface area contributed by atoms with Crippen LogP contribution in [0.25, 0.3) is 0 Å². The number of rotatable bonds is 10. The van der Waals surface area contributed by atoms with E-state index in [4.69, 9.17) is 23.2 Å². The SMILES string of the molecule is CC[C@@H](C(=O)NCCSCc1c(Cl)cccc1Cl)N(c1ccc(C)cc1)S(C)(=O)=O. The third kappa shape index (κ3) is 6.80. The van der Waals surface area contributed by atoms with Crippen LogP contribution < -0.4 is 9.62 Å². The standard InChI is InChI=1S/C21H26Cl2N2O3S2/c1-4-20(25(30(3,27)28)16-10-8-15(2)9-11-16)21(26)24-12-13-29-14-17-18(22)6-5-7-19(17)23/h5-11,20H,4,12-14H2,1-3H3,(H,24,26)/t20-/m0/s1. The van der Waals surface area contributed by atoms with E-state index in [1.54, 1.807) is 49.0 Å². The topological polar surface area (TPSA) is 66.5 Å². The number of benzene rings is 2. The normalized spacial score (nSPS) is 12.4. The van der Waals surface area contributed by atoms with Crippen LogP contribution in [0.5, 0.6) is 0 Å². The molecule has 0 bridgehead atoms. The van der Waals surface area contributed by atoms with Gasteiger partial charge in [-0.1, -0.05) is 53.9 Å². The molecule has 1 N–H and O–H groups in total. The molecular formula is C21H26Cl2N2O3S2. The first-order chi connectivity index (χ1) is 14.1. The van der Waals surface area contributed by atoms with Crippen molar-refractivity contribution in [3.63, 3.8) is 0 Å². The Morgan fingerprint density at radius 1 is 1.13 bits per heavy atom. The summed E-state index contributed by atoms with van der Waals surface area (Å²) in [6.45, 7) is 4.13. The number of hydrogen-bond acceptors (Lipinski definition) is 4. The first kappa shape index (κ1) is 24.9. The molecular weight excluding hydrogens is 463 g/mol. The Morgan fingerprint density at radius 2 is 1.73 bits per heavy atom. The zero-order chi connectivity index (χ0) is 22.3. The summed E-state index contributed by atoms with van der Waals surface area (Å²) in [5.74, 6) is 0.956. The van der Waals surface area contributed by atoms with Crippen LogP contribution in [0.2, 0.25) is 10.0 Å². The number of carbonyl (C=O) groups is 1. The number of sulfonamides is 1. The molecule has 0 radical (unpaired) electrons. The molecule has 0 aliphatic carbocycles. The third-order valence-electron chi connectivity index (χ3n) is 4.47. The van der Waals surface area contributed by atoms with Crippen molar-refractivity contribution >= 4 is 56.6 Å². The highest BCUT2D eigenvalue weighted by Crippen LogP contribution is 2.28. The van der Waals surface area contributed by atoms with Gasteiger partial charge in [-0.3, -0.25) is 9.10 Å². The maximum atomic E-state index is 12.8. The second kappa shape index (κ2) is 11.3. The van der Waals surface area contributed by atoms with Gasteiger partial charge in [0.25, 0.3) is 0 Å². The number of amides is 1. The first-order valence-corrected chi connectivity index (χ1v) is 13.3. The van der Waals surface area contributed by atoms with E-state index in [1.807, 2.05) is 19.1 Å². The number of hydrogen-bond donors (Lipinski definition) is 1. The Balaban J connectivity index is 1.98. The number of aryl methyl sites for hydroxylation is 1. The zero-order valence-corrected chi connectivity index (χ0v) is 20.3. The fourth-order valence-electron chi connectivity index (χ4n) is 2.96. The molecule has 0 heterocycles. The molecule has 2 rings (SSSR count). The number of anilines is 1. The second-order valence-corrected chi connectivity index (χ2v) is 10.6. The van der Waals surface area contributed by atoms with Crippen LogP contribution >= 0.6 is 35.0 Å². The van der Waals surface area contributed by atoms with E-state index in [-0.39, 0.29) is 5.91 Å². The van der Waals surface area contributed by atoms with Gasteiger partial charge in [0.1, 0.15) is 6.04 Å². The van der Waals surface area contributed by atoms with Crippen molar-refractivity contribution in [2.75, 3.05) is 22.9 Å². The quantitative estimate of drug-likeness (QED) is 0.483. The molecule has 30 heavy (non-hydrogen) atoms. The molecule has 9 heteroatoms. The highest BCUT2D eigenvalue weighted by Gasteiger charge is 2.31. The molecule has 1 atom stereocenters. The minimum absolute atomic E-state index is 0.320. The summed E-state index contributed by atoms with van der Waals surface area (Å²) in [7, 11) is -3.63. The molecule has 164 valence electrons. The van der Waals surface area contributed by atoms with Crippen LogP contribution in [0.1, 0.15) is 24.5 Å². The van der Waals surface area contributed by atoms with E-state index in [0.717, 1.165) is 17.4 Å². The third-order valence-corrected chi connectivity index (χ3v) is 7.35. The molecule has 2 aromatic carbocycles. The summed E-state index contributed by atoms with van der Waals surface area (Å²) < 4.78 is 26.1. The largest absolute Gasteiger partial charge is 0.353 e. The Labute approximate surface area is 193 Å². The molecule has 1 amide bonds. The summed E-state index contributed by atoms with van der Waals surface area (Å²) in [6, 6.07) is 11.7. The average Bonchev–Trinajstić information content (AvgIpc) is 2.67. The predicted molar refractivity (Wildman–Crippen MR) is 128 cm³/mol. The lowest BCUT2D eigenvalue weighted by Gasteiger charge is -2.30. The van der Waals surface area contributed by atoms with Gasteiger partial charge in [0, 0.05) is 28.1 Å². The number of nitrogens with one attached hydrogen (secondary N) is 1. The molecule has 0 fully saturated rings. The van der Waals surface area contributed by atoms with Crippen LogP contribution in [0.4, 0.5) is 5.69 Å². The van der Waals surface area contributed by atoms with E-state index in [9.17, 15) is 13.2 Å². The van der Waals surface area contributed by atoms with Crippen LogP contribution in [-0.4, -0.2) is 38.9 Å². The van der Waals surface area contributed by atoms with Gasteiger partial charge in [-0.2, -0.15) is 11.8 Å². The molecule has 5 nitrogen and oxygen atoms in total. The Kier molecular flexibility index (Phi) is 9.34. The van der Waals surface area contributed by atoms with E-state index >= 15 is 0 Å². The predicted octanol–water partition coefficient (Wildman–Crippen LogP) is 4.90. The Bertz CT molecular complexity index is 946. The highest BCUT2D eigenvalue weighted by molar-refractivity contribution is 7.98. The van der Waals surface area contributed by atoms with Crippen molar-refractivity contribution in [2.24, 2.45) is 0 Å². The maximum Gasteiger partial charge on any atom is 0.243 e. The van der Waals surface area contributed by atoms with Gasteiger partial charge < -0.3 is 5.32 Å². The number of nitrogens with zero attached hydrogens (tertiary/aromatic N) is 1. The van der Waals surface area contributed by atoms with E-state index in [1.165, 1.54) is 4.31 Å². The molecule has 0 saturated heterocycles. The van der Waals surface area contributed by atoms with Crippen molar-refractivity contribution in [3.05, 3.63) is 63.6 Å². The van der Waals surface area contributed by atoms with E-state index < -0.39 is 16.1 Å². The Morgan fingerprint density at radius 3 is 2.27 bits per heavy atom.